The fourth-order valence-electron chi connectivity index (χ4n) is 5.06. The number of benzene rings is 2. The number of likely N-dealkylation sites (tertiary alicyclic amines) is 1. The van der Waals surface area contributed by atoms with Crippen LogP contribution in [0.25, 0.3) is 0 Å². The van der Waals surface area contributed by atoms with Crippen LogP contribution in [0.4, 0.5) is 18.9 Å². The highest BCUT2D eigenvalue weighted by atomic mass is 35.5. The molecule has 2 aliphatic rings. The highest BCUT2D eigenvalue weighted by Crippen LogP contribution is 2.43. The van der Waals surface area contributed by atoms with Crippen LogP contribution in [0.5, 0.6) is 0 Å². The molecule has 38 heavy (non-hydrogen) atoms. The number of aliphatic hydroxyl groups is 1. The average Bonchev–Trinajstić information content (AvgIpc) is 2.81. The minimum Gasteiger partial charge on any atom is -0.371 e. The van der Waals surface area contributed by atoms with E-state index in [-0.39, 0.29) is 43.4 Å². The fourth-order valence-corrected chi connectivity index (χ4v) is 5.51. The van der Waals surface area contributed by atoms with Crippen molar-refractivity contribution in [2.45, 2.75) is 24.6 Å². The van der Waals surface area contributed by atoms with Crippen molar-refractivity contribution in [3.63, 3.8) is 0 Å². The van der Waals surface area contributed by atoms with Crippen LogP contribution in [0.15, 0.2) is 42.5 Å². The standard InChI is InChI=1S/C26H28Cl2F3N3O3.H2S/c1-32(2)23(35)21-7-6-20(13-22(21)28)34-14-17(15-34)16-8-10-33(11-9-16)24(36)25(37,26(29,30)31)18-4-3-5-19(27)12-18;/h3-7,12-13,16-17,37H,8-11,14-15H2,1-2H3;1H2. The maximum Gasteiger partial charge on any atom is 0.430 e. The topological polar surface area (TPSA) is 64.1 Å². The molecule has 0 spiro atoms. The van der Waals surface area contributed by atoms with Gasteiger partial charge in [0, 0.05) is 56.5 Å². The molecule has 2 aromatic carbocycles. The molecule has 208 valence electrons. The number of rotatable bonds is 5. The summed E-state index contributed by atoms with van der Waals surface area (Å²) >= 11 is 12.2. The van der Waals surface area contributed by atoms with Crippen molar-refractivity contribution in [2.75, 3.05) is 45.2 Å². The summed E-state index contributed by atoms with van der Waals surface area (Å²) in [7, 11) is 3.32. The smallest absolute Gasteiger partial charge is 0.371 e. The zero-order chi connectivity index (χ0) is 27.1. The summed E-state index contributed by atoms with van der Waals surface area (Å²) in [5, 5.41) is 11.0. The molecule has 1 atom stereocenters. The number of piperidine rings is 1. The van der Waals surface area contributed by atoms with Crippen molar-refractivity contribution < 1.29 is 27.9 Å². The Morgan fingerprint density at radius 3 is 2.16 bits per heavy atom. The Bertz CT molecular complexity index is 1190. The summed E-state index contributed by atoms with van der Waals surface area (Å²) in [6, 6.07) is 10.0. The first-order valence-electron chi connectivity index (χ1n) is 11.9. The molecule has 2 aromatic rings. The Hall–Kier alpha value is -2.14. The first-order valence-corrected chi connectivity index (χ1v) is 12.7. The molecule has 1 N–H and O–H groups in total. The zero-order valence-electron chi connectivity index (χ0n) is 20.9. The third kappa shape index (κ3) is 5.73. The Morgan fingerprint density at radius 2 is 1.63 bits per heavy atom. The Morgan fingerprint density at radius 1 is 1.00 bits per heavy atom. The maximum absolute atomic E-state index is 14.0. The molecule has 2 amide bonds. The molecule has 2 aliphatic heterocycles. The molecule has 6 nitrogen and oxygen atoms in total. The van der Waals surface area contributed by atoms with Crippen LogP contribution in [-0.2, 0) is 10.4 Å². The van der Waals surface area contributed by atoms with Crippen molar-refractivity contribution in [1.82, 2.24) is 9.80 Å². The normalized spacial score (nSPS) is 18.3. The van der Waals surface area contributed by atoms with Crippen LogP contribution < -0.4 is 4.90 Å². The summed E-state index contributed by atoms with van der Waals surface area (Å²) in [4.78, 5) is 29.9. The van der Waals surface area contributed by atoms with Crippen LogP contribution >= 0.6 is 36.7 Å². The minimum atomic E-state index is -5.20. The number of carbonyl (C=O) groups excluding carboxylic acids is 2. The first-order chi connectivity index (χ1) is 17.3. The predicted molar refractivity (Wildman–Crippen MR) is 146 cm³/mol. The summed E-state index contributed by atoms with van der Waals surface area (Å²) in [6.45, 7) is 1.77. The van der Waals surface area contributed by atoms with Crippen molar-refractivity contribution in [2.24, 2.45) is 11.8 Å². The van der Waals surface area contributed by atoms with Gasteiger partial charge in [-0.2, -0.15) is 26.7 Å². The van der Waals surface area contributed by atoms with E-state index in [9.17, 15) is 27.9 Å². The van der Waals surface area contributed by atoms with Gasteiger partial charge in [0.1, 0.15) is 0 Å². The molecule has 0 aromatic heterocycles. The molecule has 2 heterocycles. The molecule has 4 rings (SSSR count). The number of hydrogen-bond acceptors (Lipinski definition) is 4. The van der Waals surface area contributed by atoms with Gasteiger partial charge in [0.2, 0.25) is 0 Å². The van der Waals surface area contributed by atoms with Crippen LogP contribution in [-0.4, -0.2) is 73.2 Å². The van der Waals surface area contributed by atoms with E-state index in [1.165, 1.54) is 17.0 Å². The molecular formula is C26H30Cl2F3N3O3S. The number of hydrogen-bond donors (Lipinski definition) is 1. The number of alkyl halides is 3. The molecular weight excluding hydrogens is 562 g/mol. The van der Waals surface area contributed by atoms with Gasteiger partial charge in [-0.05, 0) is 55.0 Å². The van der Waals surface area contributed by atoms with Crippen molar-refractivity contribution in [3.05, 3.63) is 63.6 Å². The van der Waals surface area contributed by atoms with Crippen molar-refractivity contribution in [3.8, 4) is 0 Å². The SMILES string of the molecule is CN(C)C(=O)c1ccc(N2CC(C3CCN(C(=O)C(O)(c4cccc(Cl)c4)C(F)(F)F)CC3)C2)cc1Cl.S. The second kappa shape index (κ2) is 11.5. The van der Waals surface area contributed by atoms with Crippen LogP contribution in [0.1, 0.15) is 28.8 Å². The summed E-state index contributed by atoms with van der Waals surface area (Å²) in [5.74, 6) is -0.978. The number of amides is 2. The maximum atomic E-state index is 14.0. The highest BCUT2D eigenvalue weighted by Gasteiger charge is 2.62. The third-order valence-electron chi connectivity index (χ3n) is 7.32. The second-order valence-electron chi connectivity index (χ2n) is 9.88. The molecule has 2 saturated heterocycles. The van der Waals surface area contributed by atoms with E-state index in [1.807, 2.05) is 6.07 Å². The number of anilines is 1. The van der Waals surface area contributed by atoms with E-state index < -0.39 is 23.2 Å². The highest BCUT2D eigenvalue weighted by molar-refractivity contribution is 7.59. The van der Waals surface area contributed by atoms with E-state index in [4.69, 9.17) is 23.2 Å². The molecule has 1 unspecified atom stereocenters. The van der Waals surface area contributed by atoms with Gasteiger partial charge in [-0.1, -0.05) is 35.3 Å². The largest absolute Gasteiger partial charge is 0.430 e. The lowest BCUT2D eigenvalue weighted by Gasteiger charge is -2.48. The third-order valence-corrected chi connectivity index (χ3v) is 7.87. The molecule has 0 radical (unpaired) electrons. The van der Waals surface area contributed by atoms with Gasteiger partial charge in [-0.15, -0.1) is 0 Å². The van der Waals surface area contributed by atoms with Gasteiger partial charge in [0.25, 0.3) is 17.4 Å². The molecule has 0 aliphatic carbocycles. The Kier molecular flexibility index (Phi) is 9.23. The van der Waals surface area contributed by atoms with Gasteiger partial charge in [0.15, 0.2) is 0 Å². The average molecular weight is 593 g/mol. The molecule has 0 bridgehead atoms. The van der Waals surface area contributed by atoms with E-state index in [0.29, 0.717) is 29.3 Å². The van der Waals surface area contributed by atoms with E-state index in [2.05, 4.69) is 4.90 Å². The van der Waals surface area contributed by atoms with Gasteiger partial charge in [-0.3, -0.25) is 9.59 Å². The quantitative estimate of drug-likeness (QED) is 0.535. The summed E-state index contributed by atoms with van der Waals surface area (Å²) < 4.78 is 41.9. The van der Waals surface area contributed by atoms with E-state index in [1.54, 1.807) is 26.2 Å². The van der Waals surface area contributed by atoms with E-state index >= 15 is 0 Å². The Balaban J connectivity index is 0.00000400. The van der Waals surface area contributed by atoms with Gasteiger partial charge < -0.3 is 19.8 Å². The lowest BCUT2D eigenvalue weighted by Crippen LogP contribution is -2.58. The minimum absolute atomic E-state index is 0. The molecule has 12 heteroatoms. The molecule has 0 saturated carbocycles. The van der Waals surface area contributed by atoms with Crippen molar-refractivity contribution >= 4 is 54.2 Å². The van der Waals surface area contributed by atoms with Crippen LogP contribution in [0.3, 0.4) is 0 Å². The van der Waals surface area contributed by atoms with E-state index in [0.717, 1.165) is 35.8 Å². The zero-order valence-corrected chi connectivity index (χ0v) is 23.4. The number of halogens is 5. The van der Waals surface area contributed by atoms with Crippen LogP contribution in [0, 0.1) is 11.8 Å². The van der Waals surface area contributed by atoms with Crippen molar-refractivity contribution in [1.29, 1.82) is 0 Å². The summed E-state index contributed by atoms with van der Waals surface area (Å²) in [5.41, 5.74) is -2.91. The van der Waals surface area contributed by atoms with Gasteiger partial charge >= 0.3 is 6.18 Å². The predicted octanol–water partition coefficient (Wildman–Crippen LogP) is 4.93. The van der Waals surface area contributed by atoms with Gasteiger partial charge in [-0.25, -0.2) is 0 Å². The second-order valence-corrected chi connectivity index (χ2v) is 10.7. The molecule has 2 fully saturated rings. The monoisotopic (exact) mass is 591 g/mol. The van der Waals surface area contributed by atoms with Gasteiger partial charge in [0.05, 0.1) is 10.6 Å². The number of carbonyl (C=O) groups is 2. The lowest BCUT2D eigenvalue weighted by molar-refractivity contribution is -0.262. The summed E-state index contributed by atoms with van der Waals surface area (Å²) in [6.07, 6.45) is -4.11. The lowest BCUT2D eigenvalue weighted by atomic mass is 9.79. The first kappa shape index (κ1) is 30.4. The fraction of sp³-hybridized carbons (Fsp3) is 0.462. The number of nitrogens with zero attached hydrogens (tertiary/aromatic N) is 3. The Labute approximate surface area is 236 Å². The van der Waals surface area contributed by atoms with Crippen LogP contribution in [0.2, 0.25) is 10.0 Å².